The highest BCUT2D eigenvalue weighted by Gasteiger charge is 2.40. The Bertz CT molecular complexity index is 3370. The normalized spacial score (nSPS) is 16.9. The third-order valence-corrected chi connectivity index (χ3v) is 17.3. The van der Waals surface area contributed by atoms with E-state index in [1.54, 1.807) is 37.4 Å². The molecule has 5 aromatic rings. The van der Waals surface area contributed by atoms with Gasteiger partial charge in [0, 0.05) is 94.4 Å². The molecular weight excluding hydrogens is 1220 g/mol. The predicted octanol–water partition coefficient (Wildman–Crippen LogP) is 6.54. The highest BCUT2D eigenvalue weighted by molar-refractivity contribution is 7.70. The van der Waals surface area contributed by atoms with Crippen LogP contribution < -0.4 is 31.7 Å². The number of fused-ring (bicyclic) bond motifs is 1. The van der Waals surface area contributed by atoms with Crippen molar-refractivity contribution in [3.05, 3.63) is 105 Å². The van der Waals surface area contributed by atoms with Gasteiger partial charge in [-0.3, -0.25) is 47.7 Å². The molecule has 24 nitrogen and oxygen atoms in total. The summed E-state index contributed by atoms with van der Waals surface area (Å²) in [5.74, 6) is -1.79. The number of rotatable bonds is 27. The van der Waals surface area contributed by atoms with Crippen molar-refractivity contribution in [1.29, 1.82) is 0 Å². The number of hydrogen-bond donors (Lipinski definition) is 9. The number of aromatic amines is 1. The molecule has 7 rings (SSSR count). The SMILES string of the molecule is CC.CNC(=O)CCCc1cccc(OCC(CCC(N)=O)NC(=O)C2CCC(CCN(CC(C)NC(=O)c3cc4cc(C(=O)P(=O)(O)O)ccc4[nH]3)C(C)=O)N2C=O)c1Cl.Cc1ncsc1-c1ccc(CNC(=O)[C@@H]2CC(O)CN2C(=O)CC(C)(C)C)cc1. The molecule has 2 saturated heterocycles. The van der Waals surface area contributed by atoms with E-state index in [-0.39, 0.29) is 91.8 Å². The first kappa shape index (κ1) is 73.2. The number of likely N-dealkylation sites (tertiary alicyclic amines) is 2. The summed E-state index contributed by atoms with van der Waals surface area (Å²) in [6.07, 6.45) is 3.39. The monoisotopic (exact) mass is 1300 g/mol. The van der Waals surface area contributed by atoms with Crippen molar-refractivity contribution in [2.45, 2.75) is 162 Å². The lowest BCUT2D eigenvalue weighted by Crippen LogP contribution is -2.50. The molecule has 0 spiro atoms. The maximum atomic E-state index is 13.6. The fourth-order valence-electron chi connectivity index (χ4n) is 10.5. The van der Waals surface area contributed by atoms with Crippen molar-refractivity contribution >= 4 is 94.7 Å². The van der Waals surface area contributed by atoms with Crippen LogP contribution in [0.3, 0.4) is 0 Å². The number of benzene rings is 3. The van der Waals surface area contributed by atoms with E-state index >= 15 is 0 Å². The third-order valence-electron chi connectivity index (χ3n) is 15.1. The van der Waals surface area contributed by atoms with Gasteiger partial charge < -0.3 is 66.3 Å². The number of nitrogens with two attached hydrogens (primary N) is 1. The Morgan fingerprint density at radius 3 is 2.31 bits per heavy atom. The lowest BCUT2D eigenvalue weighted by Gasteiger charge is -2.30. The summed E-state index contributed by atoms with van der Waals surface area (Å²) in [5.41, 5.74) is 10.0. The third kappa shape index (κ3) is 21.6. The number of hydrogen-bond acceptors (Lipinski definition) is 14. The number of nitrogens with one attached hydrogen (secondary N) is 5. The maximum absolute atomic E-state index is 13.6. The number of nitrogens with zero attached hydrogens (tertiary/aromatic N) is 4. The van der Waals surface area contributed by atoms with E-state index in [1.807, 2.05) is 77.4 Å². The van der Waals surface area contributed by atoms with Gasteiger partial charge in [0.05, 0.1) is 33.3 Å². The van der Waals surface area contributed by atoms with E-state index in [4.69, 9.17) is 22.1 Å². The summed E-state index contributed by atoms with van der Waals surface area (Å²) in [4.78, 5) is 144. The number of amides is 8. The number of carbonyl (C=O) groups excluding carboxylic acids is 9. The fraction of sp³-hybridized carbons (Fsp3) is 0.492. The van der Waals surface area contributed by atoms with Gasteiger partial charge in [-0.25, -0.2) is 4.98 Å². The van der Waals surface area contributed by atoms with Gasteiger partial charge in [-0.15, -0.1) is 11.3 Å². The van der Waals surface area contributed by atoms with Crippen LogP contribution in [0.15, 0.2) is 72.2 Å². The van der Waals surface area contributed by atoms with Crippen LogP contribution in [0, 0.1) is 12.3 Å². The quantitative estimate of drug-likeness (QED) is 0.0199. The minimum absolute atomic E-state index is 0.0292. The van der Waals surface area contributed by atoms with Gasteiger partial charge in [0.15, 0.2) is 0 Å². The standard InChI is InChI=1S/C39H51ClN7O11P.C22H29N3O3S.C2H6/c1-23(43-37(52)31-19-27-18-26(10-13-30(27)45-31)39(54)59(55,56)57)20-46(24(2)49)17-16-29-12-14-32(47(29)22-48)38(53)44-28(11-15-34(41)50)21-58-33-8-4-6-25(36(33)40)7-5-9-35(51)42-3;1-14-20(29-13-24-14)16-7-5-15(6-8-16)11-23-21(28)18-9-17(26)12-25(18)19(27)10-22(2,3)4;1-2/h4,6,8,10,13,18-19,22-23,28-29,32,45H,5,7,9,11-12,14-17,20-21H2,1-3H3,(H2,41,50)(H,42,51)(H,43,52)(H,44,53)(H2,55,56,57);5-8,13,17-18,26H,9-12H2,1-4H3,(H,23,28);1-2H3/t;17?,18-;/m.0./s1. The zero-order valence-corrected chi connectivity index (χ0v) is 55.0. The van der Waals surface area contributed by atoms with Crippen LogP contribution in [0.4, 0.5) is 0 Å². The van der Waals surface area contributed by atoms with Crippen molar-refractivity contribution in [3.8, 4) is 16.2 Å². The summed E-state index contributed by atoms with van der Waals surface area (Å²) in [7, 11) is -3.42. The number of thiazole rings is 1. The molecule has 0 radical (unpaired) electrons. The van der Waals surface area contributed by atoms with E-state index in [0.717, 1.165) is 27.3 Å². The molecule has 2 aromatic heterocycles. The molecule has 5 unspecified atom stereocenters. The van der Waals surface area contributed by atoms with Gasteiger partial charge in [-0.2, -0.15) is 0 Å². The number of halogens is 1. The first-order valence-electron chi connectivity index (χ1n) is 30.0. The van der Waals surface area contributed by atoms with Crippen molar-refractivity contribution in [2.24, 2.45) is 11.1 Å². The molecule has 490 valence electrons. The van der Waals surface area contributed by atoms with Crippen molar-refractivity contribution < 1.29 is 67.3 Å². The average Bonchev–Trinajstić information content (AvgIpc) is 1.88. The topological polar surface area (TPSA) is 353 Å². The van der Waals surface area contributed by atoms with Crippen LogP contribution in [-0.2, 0) is 51.1 Å². The van der Waals surface area contributed by atoms with Crippen LogP contribution in [0.5, 0.6) is 5.75 Å². The largest absolute Gasteiger partial charge is 0.490 e. The van der Waals surface area contributed by atoms with Crippen LogP contribution >= 0.6 is 30.5 Å². The second-order valence-corrected chi connectivity index (χ2v) is 26.1. The van der Waals surface area contributed by atoms with Crippen LogP contribution in [0.2, 0.25) is 5.02 Å². The van der Waals surface area contributed by atoms with E-state index in [1.165, 1.54) is 45.9 Å². The Labute approximate surface area is 533 Å². The highest BCUT2D eigenvalue weighted by Crippen LogP contribution is 2.40. The minimum Gasteiger partial charge on any atom is -0.490 e. The zero-order chi connectivity index (χ0) is 66.6. The summed E-state index contributed by atoms with van der Waals surface area (Å²) >= 11 is 8.22. The molecule has 0 saturated carbocycles. The molecule has 3 aromatic carbocycles. The Morgan fingerprint density at radius 2 is 1.69 bits per heavy atom. The molecule has 2 fully saturated rings. The Kier molecular flexibility index (Phi) is 27.7. The molecule has 2 aliphatic rings. The number of H-pyrrole nitrogens is 1. The number of aromatic nitrogens is 2. The van der Waals surface area contributed by atoms with Gasteiger partial charge in [0.2, 0.25) is 41.9 Å². The predicted molar refractivity (Wildman–Crippen MR) is 343 cm³/mol. The van der Waals surface area contributed by atoms with Gasteiger partial charge in [0.1, 0.15) is 30.1 Å². The van der Waals surface area contributed by atoms with E-state index in [0.29, 0.717) is 79.6 Å². The van der Waals surface area contributed by atoms with Crippen molar-refractivity contribution in [3.63, 3.8) is 0 Å². The van der Waals surface area contributed by atoms with Gasteiger partial charge in [-0.05, 0) is 105 Å². The van der Waals surface area contributed by atoms with E-state index < -0.39 is 61.1 Å². The first-order chi connectivity index (χ1) is 42.5. The van der Waals surface area contributed by atoms with E-state index in [2.05, 4.69) is 31.2 Å². The molecule has 27 heteroatoms. The number of aryl methyl sites for hydroxylation is 2. The number of primary amides is 1. The minimum atomic E-state index is -4.99. The average molecular weight is 1310 g/mol. The summed E-state index contributed by atoms with van der Waals surface area (Å²) in [6.45, 7) is 16.0. The van der Waals surface area contributed by atoms with Crippen LogP contribution in [0.25, 0.3) is 21.3 Å². The maximum Gasteiger partial charge on any atom is 0.396 e. The molecule has 0 bridgehead atoms. The van der Waals surface area contributed by atoms with Crippen molar-refractivity contribution in [2.75, 3.05) is 33.3 Å². The number of carbonyl (C=O) groups is 9. The number of ether oxygens (including phenoxy) is 1. The number of aliphatic hydroxyl groups excluding tert-OH is 1. The fourth-order valence-corrected chi connectivity index (χ4v) is 12.1. The number of aliphatic hydroxyl groups is 1. The Balaban J connectivity index is 0.000000395. The molecule has 2 aliphatic heterocycles. The van der Waals surface area contributed by atoms with Gasteiger partial charge in [-0.1, -0.05) is 82.6 Å². The molecular formula is C63H86ClN10O14PS. The summed E-state index contributed by atoms with van der Waals surface area (Å²) < 4.78 is 17.4. The molecule has 10 N–H and O–H groups in total. The molecule has 8 amide bonds. The summed E-state index contributed by atoms with van der Waals surface area (Å²) in [6, 6.07) is 15.7. The number of β-amino-alcohol motifs (C(OH)–C–C–N with tert-alkyl or cyclic N) is 1. The van der Waals surface area contributed by atoms with Gasteiger partial charge in [0.25, 0.3) is 11.4 Å². The van der Waals surface area contributed by atoms with Crippen LogP contribution in [-0.4, -0.2) is 162 Å². The molecule has 6 atom stereocenters. The Hall–Kier alpha value is -7.54. The summed E-state index contributed by atoms with van der Waals surface area (Å²) in [5, 5.41) is 22.0. The van der Waals surface area contributed by atoms with Gasteiger partial charge >= 0.3 is 7.60 Å². The highest BCUT2D eigenvalue weighted by atomic mass is 35.5. The lowest BCUT2D eigenvalue weighted by molar-refractivity contribution is -0.140. The molecule has 0 aliphatic carbocycles. The zero-order valence-electron chi connectivity index (χ0n) is 52.5. The first-order valence-corrected chi connectivity index (χ1v) is 32.9. The Morgan fingerprint density at radius 1 is 0.978 bits per heavy atom. The lowest BCUT2D eigenvalue weighted by atomic mass is 9.91. The molecule has 4 heterocycles. The van der Waals surface area contributed by atoms with Crippen molar-refractivity contribution in [1.82, 2.24) is 45.9 Å². The second-order valence-electron chi connectivity index (χ2n) is 23.4. The second kappa shape index (κ2) is 34.0. The molecule has 90 heavy (non-hydrogen) atoms. The van der Waals surface area contributed by atoms with E-state index in [9.17, 15) is 62.6 Å². The van der Waals surface area contributed by atoms with Crippen LogP contribution in [0.1, 0.15) is 144 Å². The smallest absolute Gasteiger partial charge is 0.396 e.